The third kappa shape index (κ3) is 2.23. The largest absolute Gasteiger partial charge is 0.301 e. The summed E-state index contributed by atoms with van der Waals surface area (Å²) in [5, 5.41) is 6.47. The Morgan fingerprint density at radius 3 is 3.00 bits per heavy atom. The van der Waals surface area contributed by atoms with Crippen LogP contribution in [0.2, 0.25) is 0 Å². The molecule has 0 bridgehead atoms. The van der Waals surface area contributed by atoms with E-state index in [2.05, 4.69) is 36.5 Å². The molecule has 1 aromatic rings. The molecule has 2 rings (SSSR count). The highest BCUT2D eigenvalue weighted by Crippen LogP contribution is 2.18. The van der Waals surface area contributed by atoms with Gasteiger partial charge < -0.3 is 5.32 Å². The first-order valence-electron chi connectivity index (χ1n) is 4.31. The van der Waals surface area contributed by atoms with Crippen molar-refractivity contribution in [2.24, 2.45) is 0 Å². The topological polar surface area (TPSA) is 49.8 Å². The van der Waals surface area contributed by atoms with Crippen LogP contribution in [0.1, 0.15) is 11.7 Å². The molecular formula is C8H10BrClN4. The Kier molecular flexibility index (Phi) is 3.33. The third-order valence-corrected chi connectivity index (χ3v) is 3.61. The van der Waals surface area contributed by atoms with Crippen LogP contribution < -0.4 is 10.6 Å². The van der Waals surface area contributed by atoms with Gasteiger partial charge in [0.2, 0.25) is 0 Å². The Morgan fingerprint density at radius 2 is 2.36 bits per heavy atom. The predicted molar refractivity (Wildman–Crippen MR) is 58.3 cm³/mol. The maximum absolute atomic E-state index is 6.04. The molecular weight excluding hydrogens is 267 g/mol. The number of hydrogen-bond donors (Lipinski definition) is 2. The van der Waals surface area contributed by atoms with Gasteiger partial charge in [0, 0.05) is 18.9 Å². The summed E-state index contributed by atoms with van der Waals surface area (Å²) in [5.41, 5.74) is 0.765. The van der Waals surface area contributed by atoms with Crippen LogP contribution in [0.25, 0.3) is 0 Å². The molecule has 1 aromatic heterocycles. The lowest BCUT2D eigenvalue weighted by atomic mass is 10.2. The van der Waals surface area contributed by atoms with E-state index in [9.17, 15) is 0 Å². The second-order valence-corrected chi connectivity index (χ2v) is 4.52. The molecule has 1 saturated heterocycles. The lowest BCUT2D eigenvalue weighted by Gasteiger charge is -2.31. The summed E-state index contributed by atoms with van der Waals surface area (Å²) in [6.07, 6.45) is 5.09. The first-order valence-corrected chi connectivity index (χ1v) is 5.66. The van der Waals surface area contributed by atoms with Gasteiger partial charge >= 0.3 is 0 Å². The first kappa shape index (κ1) is 10.3. The monoisotopic (exact) mass is 276 g/mol. The second kappa shape index (κ2) is 4.53. The van der Waals surface area contributed by atoms with Crippen LogP contribution in [0.3, 0.4) is 0 Å². The van der Waals surface area contributed by atoms with E-state index < -0.39 is 0 Å². The van der Waals surface area contributed by atoms with Crippen molar-refractivity contribution in [1.29, 1.82) is 0 Å². The lowest BCUT2D eigenvalue weighted by Crippen LogP contribution is -2.52. The highest BCUT2D eigenvalue weighted by atomic mass is 79.9. The number of nitrogens with zero attached hydrogens (tertiary/aromatic N) is 2. The summed E-state index contributed by atoms with van der Waals surface area (Å²) in [4.78, 5) is 8.34. The Hall–Kier alpha value is -0.230. The van der Waals surface area contributed by atoms with Crippen molar-refractivity contribution in [2.75, 3.05) is 6.54 Å². The Morgan fingerprint density at radius 1 is 1.50 bits per heavy atom. The highest BCUT2D eigenvalue weighted by Gasteiger charge is 2.27. The van der Waals surface area contributed by atoms with E-state index in [0.29, 0.717) is 0 Å². The predicted octanol–water partition coefficient (Wildman–Crippen LogP) is 0.996. The summed E-state index contributed by atoms with van der Waals surface area (Å²) >= 11 is 9.46. The average Bonchev–Trinajstić information content (AvgIpc) is 2.23. The maximum atomic E-state index is 6.04. The summed E-state index contributed by atoms with van der Waals surface area (Å²) < 4.78 is 0. The molecule has 0 saturated carbocycles. The number of alkyl halides is 2. The van der Waals surface area contributed by atoms with Crippen molar-refractivity contribution in [1.82, 2.24) is 20.6 Å². The van der Waals surface area contributed by atoms with Gasteiger partial charge in [0.05, 0.1) is 22.9 Å². The zero-order chi connectivity index (χ0) is 9.97. The molecule has 3 atom stereocenters. The highest BCUT2D eigenvalue weighted by molar-refractivity contribution is 9.09. The van der Waals surface area contributed by atoms with Crippen molar-refractivity contribution in [3.8, 4) is 0 Å². The molecule has 0 spiro atoms. The lowest BCUT2D eigenvalue weighted by molar-refractivity contribution is 0.382. The summed E-state index contributed by atoms with van der Waals surface area (Å²) in [5.74, 6) is 0. The van der Waals surface area contributed by atoms with Gasteiger partial charge in [-0.25, -0.2) is 0 Å². The molecule has 1 aliphatic rings. The minimum atomic E-state index is -0.143. The molecule has 14 heavy (non-hydrogen) atoms. The van der Waals surface area contributed by atoms with E-state index in [1.165, 1.54) is 0 Å². The first-order chi connectivity index (χ1) is 6.77. The zero-order valence-electron chi connectivity index (χ0n) is 7.32. The summed E-state index contributed by atoms with van der Waals surface area (Å²) in [6, 6.07) is 0.125. The number of hydrogen-bond acceptors (Lipinski definition) is 4. The van der Waals surface area contributed by atoms with Gasteiger partial charge in [-0.05, 0) is 0 Å². The van der Waals surface area contributed by atoms with Gasteiger partial charge in [-0.2, -0.15) is 0 Å². The van der Waals surface area contributed by atoms with E-state index in [-0.39, 0.29) is 16.5 Å². The van der Waals surface area contributed by atoms with Crippen molar-refractivity contribution in [2.45, 2.75) is 16.5 Å². The van der Waals surface area contributed by atoms with E-state index in [1.54, 1.807) is 18.6 Å². The Balaban J connectivity index is 2.07. The number of aromatic nitrogens is 2. The van der Waals surface area contributed by atoms with E-state index in [4.69, 9.17) is 11.6 Å². The Labute approximate surface area is 95.6 Å². The number of rotatable bonds is 1. The molecule has 0 radical (unpaired) electrons. The van der Waals surface area contributed by atoms with Crippen molar-refractivity contribution in [3.63, 3.8) is 0 Å². The second-order valence-electron chi connectivity index (χ2n) is 3.06. The molecule has 4 nitrogen and oxygen atoms in total. The molecule has 0 aromatic carbocycles. The van der Waals surface area contributed by atoms with Crippen molar-refractivity contribution >= 4 is 27.5 Å². The minimum Gasteiger partial charge on any atom is -0.301 e. The average molecular weight is 278 g/mol. The number of nitrogens with one attached hydrogen (secondary N) is 2. The number of halogens is 2. The van der Waals surface area contributed by atoms with Crippen LogP contribution >= 0.6 is 27.5 Å². The van der Waals surface area contributed by atoms with E-state index >= 15 is 0 Å². The summed E-state index contributed by atoms with van der Waals surface area (Å²) in [7, 11) is 0. The van der Waals surface area contributed by atoms with Crippen molar-refractivity contribution in [3.05, 3.63) is 24.3 Å². The fourth-order valence-electron chi connectivity index (χ4n) is 1.35. The molecule has 3 unspecified atom stereocenters. The standard InChI is InChI=1S/C8H10BrClN4/c9-7-8(10)14-6(4-13-7)5-3-11-1-2-12-5/h1-3,6-8,13-14H,4H2. The number of piperazine rings is 1. The van der Waals surface area contributed by atoms with E-state index in [1.807, 2.05) is 0 Å². The maximum Gasteiger partial charge on any atom is 0.109 e. The molecule has 2 heterocycles. The SMILES string of the molecule is ClC1NC(c2cnccn2)CNC1Br. The molecule has 2 N–H and O–H groups in total. The Bertz CT molecular complexity index is 297. The van der Waals surface area contributed by atoms with Crippen LogP contribution in [0.4, 0.5) is 0 Å². The molecule has 1 aliphatic heterocycles. The van der Waals surface area contributed by atoms with Crippen molar-refractivity contribution < 1.29 is 0 Å². The fraction of sp³-hybridized carbons (Fsp3) is 0.500. The van der Waals surface area contributed by atoms with Crippen LogP contribution in [-0.2, 0) is 0 Å². The van der Waals surface area contributed by atoms with Crippen LogP contribution in [0, 0.1) is 0 Å². The van der Waals surface area contributed by atoms with Crippen LogP contribution in [-0.4, -0.2) is 27.0 Å². The van der Waals surface area contributed by atoms with E-state index in [0.717, 1.165) is 12.2 Å². The van der Waals surface area contributed by atoms with Crippen LogP contribution in [0.5, 0.6) is 0 Å². The molecule has 0 amide bonds. The zero-order valence-corrected chi connectivity index (χ0v) is 9.66. The molecule has 6 heteroatoms. The van der Waals surface area contributed by atoms with Gasteiger partial charge in [-0.15, -0.1) is 11.6 Å². The quantitative estimate of drug-likeness (QED) is 0.594. The molecule has 0 aliphatic carbocycles. The van der Waals surface area contributed by atoms with Gasteiger partial charge in [-0.3, -0.25) is 15.3 Å². The third-order valence-electron chi connectivity index (χ3n) is 2.07. The molecule has 76 valence electrons. The fourth-order valence-corrected chi connectivity index (χ4v) is 1.93. The van der Waals surface area contributed by atoms with Gasteiger partial charge in [0.15, 0.2) is 0 Å². The summed E-state index contributed by atoms with van der Waals surface area (Å²) in [6.45, 7) is 0.790. The van der Waals surface area contributed by atoms with Gasteiger partial charge in [-0.1, -0.05) is 15.9 Å². The smallest absolute Gasteiger partial charge is 0.109 e. The minimum absolute atomic E-state index is 0.0945. The normalized spacial score (nSPS) is 32.9. The van der Waals surface area contributed by atoms with Gasteiger partial charge in [0.25, 0.3) is 0 Å². The van der Waals surface area contributed by atoms with Crippen LogP contribution in [0.15, 0.2) is 18.6 Å². The molecule has 1 fully saturated rings. The van der Waals surface area contributed by atoms with Gasteiger partial charge in [0.1, 0.15) is 5.50 Å².